The van der Waals surface area contributed by atoms with Crippen LogP contribution in [-0.2, 0) is 33.0 Å². The minimum atomic E-state index is -1.28. The zero-order chi connectivity index (χ0) is 21.7. The fourth-order valence-corrected chi connectivity index (χ4v) is 4.77. The van der Waals surface area contributed by atoms with Gasteiger partial charge >= 0.3 is 0 Å². The highest BCUT2D eigenvalue weighted by Gasteiger charge is 2.28. The van der Waals surface area contributed by atoms with E-state index in [0.29, 0.717) is 26.2 Å². The number of methoxy groups -OCH3 is 1. The molecule has 1 aromatic heterocycles. The van der Waals surface area contributed by atoms with Crippen molar-refractivity contribution in [1.29, 1.82) is 0 Å². The van der Waals surface area contributed by atoms with Crippen LogP contribution < -0.4 is 4.74 Å². The number of carbonyl (C=O) groups is 1. The molecule has 2 aromatic rings. The van der Waals surface area contributed by atoms with Crippen molar-refractivity contribution in [3.8, 4) is 5.75 Å². The number of aromatic nitrogens is 1. The van der Waals surface area contributed by atoms with Crippen molar-refractivity contribution in [2.75, 3.05) is 33.1 Å². The second-order valence-corrected chi connectivity index (χ2v) is 8.50. The van der Waals surface area contributed by atoms with Gasteiger partial charge in [-0.05, 0) is 56.9 Å². The van der Waals surface area contributed by atoms with Gasteiger partial charge in [-0.25, -0.2) is 4.21 Å². The normalized spacial score (nSPS) is 17.3. The average molecular weight is 433 g/mol. The molecule has 0 radical (unpaired) electrons. The van der Waals surface area contributed by atoms with Crippen molar-refractivity contribution < 1.29 is 17.9 Å². The van der Waals surface area contributed by atoms with Gasteiger partial charge in [0, 0.05) is 42.9 Å². The van der Waals surface area contributed by atoms with Crippen LogP contribution >= 0.6 is 0 Å². The molecule has 30 heavy (non-hydrogen) atoms. The van der Waals surface area contributed by atoms with Gasteiger partial charge in [0.2, 0.25) is 5.91 Å². The summed E-state index contributed by atoms with van der Waals surface area (Å²) in [5, 5.41) is 1.11. The summed E-state index contributed by atoms with van der Waals surface area (Å²) in [4.78, 5) is 14.3. The molecule has 0 saturated heterocycles. The fourth-order valence-electron chi connectivity index (χ4n) is 4.46. The van der Waals surface area contributed by atoms with E-state index in [1.165, 1.54) is 11.3 Å². The van der Waals surface area contributed by atoms with Gasteiger partial charge in [-0.15, -0.1) is 0 Å². The van der Waals surface area contributed by atoms with Gasteiger partial charge in [0.25, 0.3) is 0 Å². The summed E-state index contributed by atoms with van der Waals surface area (Å²) in [7, 11) is 1.69. The first-order valence-corrected chi connectivity index (χ1v) is 12.1. The highest BCUT2D eigenvalue weighted by Crippen LogP contribution is 2.43. The van der Waals surface area contributed by atoms with Gasteiger partial charge in [-0.1, -0.05) is 12.1 Å². The number of fused-ring (bicyclic) bond motifs is 3. The fraction of sp³-hybridized carbons (Fsp3) is 0.522. The van der Waals surface area contributed by atoms with Crippen molar-refractivity contribution in [3.05, 3.63) is 41.6 Å². The van der Waals surface area contributed by atoms with Crippen LogP contribution in [0, 0.1) is 0 Å². The number of benzene rings is 1. The van der Waals surface area contributed by atoms with Gasteiger partial charge in [0.15, 0.2) is 11.1 Å². The van der Waals surface area contributed by atoms with Gasteiger partial charge < -0.3 is 14.2 Å². The molecule has 1 heterocycles. The molecule has 1 amide bonds. The van der Waals surface area contributed by atoms with Crippen LogP contribution in [0.2, 0.25) is 0 Å². The summed E-state index contributed by atoms with van der Waals surface area (Å²) in [6, 6.07) is 6.08. The minimum absolute atomic E-state index is 0.0571. The van der Waals surface area contributed by atoms with Crippen LogP contribution in [0.1, 0.15) is 43.9 Å². The lowest BCUT2D eigenvalue weighted by Crippen LogP contribution is -2.28. The Balaban J connectivity index is 2.04. The molecule has 6 nitrogen and oxygen atoms in total. The molecular weight excluding hydrogens is 400 g/mol. The molecule has 1 aliphatic rings. The average Bonchev–Trinajstić information content (AvgIpc) is 3.07. The van der Waals surface area contributed by atoms with Crippen molar-refractivity contribution >= 4 is 27.9 Å². The molecule has 0 N–H and O–H groups in total. The van der Waals surface area contributed by atoms with E-state index in [9.17, 15) is 9.00 Å². The van der Waals surface area contributed by atoms with E-state index in [0.717, 1.165) is 35.9 Å². The number of ether oxygens (including phenoxy) is 1. The lowest BCUT2D eigenvalue weighted by atomic mass is 9.84. The Bertz CT molecular complexity index is 946. The standard InChI is InChI=1S/C23H32N2O4S/c1-5-24(6-2)21(26)14-13-17-9-7-10-18-22(17)23-19(11-8-12-20(23)28-3)25(18)15-16-29-30(4)27/h8,11-14,17H,5-7,9-10,15-16H2,1-4H3. The zero-order valence-corrected chi connectivity index (χ0v) is 19.2. The van der Waals surface area contributed by atoms with E-state index in [-0.39, 0.29) is 11.8 Å². The summed E-state index contributed by atoms with van der Waals surface area (Å²) in [6.07, 6.45) is 8.36. The van der Waals surface area contributed by atoms with Crippen LogP contribution in [0.15, 0.2) is 30.4 Å². The largest absolute Gasteiger partial charge is 0.496 e. The van der Waals surface area contributed by atoms with Crippen LogP contribution in [0.25, 0.3) is 10.9 Å². The molecular formula is C23H32N2O4S. The third-order valence-electron chi connectivity index (χ3n) is 5.83. The van der Waals surface area contributed by atoms with Gasteiger partial charge in [-0.2, -0.15) is 0 Å². The number of hydrogen-bond acceptors (Lipinski definition) is 4. The number of rotatable bonds is 9. The molecule has 0 saturated carbocycles. The molecule has 164 valence electrons. The summed E-state index contributed by atoms with van der Waals surface area (Å²) in [5.74, 6) is 1.06. The first-order valence-electron chi connectivity index (χ1n) is 10.6. The quantitative estimate of drug-likeness (QED) is 0.566. The summed E-state index contributed by atoms with van der Waals surface area (Å²) < 4.78 is 24.6. The number of likely N-dealkylation sites (N-methyl/N-ethyl adjacent to an activating group) is 1. The van der Waals surface area contributed by atoms with E-state index >= 15 is 0 Å². The van der Waals surface area contributed by atoms with Crippen molar-refractivity contribution in [3.63, 3.8) is 0 Å². The molecule has 0 bridgehead atoms. The lowest BCUT2D eigenvalue weighted by molar-refractivity contribution is -0.125. The van der Waals surface area contributed by atoms with E-state index < -0.39 is 11.1 Å². The van der Waals surface area contributed by atoms with Crippen molar-refractivity contribution in [2.24, 2.45) is 0 Å². The highest BCUT2D eigenvalue weighted by atomic mass is 32.2. The third kappa shape index (κ3) is 4.62. The lowest BCUT2D eigenvalue weighted by Gasteiger charge is -2.23. The maximum atomic E-state index is 12.5. The Kier molecular flexibility index (Phi) is 7.72. The summed E-state index contributed by atoms with van der Waals surface area (Å²) in [5.41, 5.74) is 3.60. The maximum Gasteiger partial charge on any atom is 0.246 e. The van der Waals surface area contributed by atoms with Gasteiger partial charge in [0.1, 0.15) is 5.75 Å². The SMILES string of the molecule is CCN(CC)C(=O)C=CC1CCCc2c1c1c(OC)cccc1n2CCOS(C)=O. The second kappa shape index (κ2) is 10.3. The molecule has 2 unspecified atom stereocenters. The van der Waals surface area contributed by atoms with Crippen LogP contribution in [0.3, 0.4) is 0 Å². The van der Waals surface area contributed by atoms with Crippen molar-refractivity contribution in [1.82, 2.24) is 9.47 Å². The topological polar surface area (TPSA) is 60.8 Å². The monoisotopic (exact) mass is 432 g/mol. The first kappa shape index (κ1) is 22.6. The van der Waals surface area contributed by atoms with E-state index in [1.54, 1.807) is 19.4 Å². The molecule has 0 aliphatic heterocycles. The maximum absolute atomic E-state index is 12.5. The highest BCUT2D eigenvalue weighted by molar-refractivity contribution is 7.79. The Morgan fingerprint density at radius 3 is 2.77 bits per heavy atom. The molecule has 2 atom stereocenters. The smallest absolute Gasteiger partial charge is 0.246 e. The molecule has 3 rings (SSSR count). The molecule has 7 heteroatoms. The predicted molar refractivity (Wildman–Crippen MR) is 121 cm³/mol. The molecule has 0 spiro atoms. The number of hydrogen-bond donors (Lipinski definition) is 0. The number of nitrogens with zero attached hydrogens (tertiary/aromatic N) is 2. The summed E-state index contributed by atoms with van der Waals surface area (Å²) >= 11 is -1.28. The Morgan fingerprint density at radius 1 is 1.33 bits per heavy atom. The van der Waals surface area contributed by atoms with E-state index in [4.69, 9.17) is 8.92 Å². The minimum Gasteiger partial charge on any atom is -0.496 e. The number of carbonyl (C=O) groups excluding carboxylic acids is 1. The van der Waals surface area contributed by atoms with Gasteiger partial charge in [-0.3, -0.25) is 8.98 Å². The molecule has 1 aliphatic carbocycles. The van der Waals surface area contributed by atoms with Gasteiger partial charge in [0.05, 0.1) is 19.2 Å². The van der Waals surface area contributed by atoms with E-state index in [1.807, 2.05) is 30.9 Å². The van der Waals surface area contributed by atoms with E-state index in [2.05, 4.69) is 16.7 Å². The Labute approximate surface area is 181 Å². The third-order valence-corrected chi connectivity index (χ3v) is 6.33. The molecule has 1 aromatic carbocycles. The Hall–Kier alpha value is -2.12. The molecule has 0 fully saturated rings. The number of allylic oxidation sites excluding steroid dienone is 1. The predicted octanol–water partition coefficient (Wildman–Crippen LogP) is 3.80. The summed E-state index contributed by atoms with van der Waals surface area (Å²) in [6.45, 7) is 6.43. The Morgan fingerprint density at radius 2 is 2.10 bits per heavy atom. The second-order valence-electron chi connectivity index (χ2n) is 7.46. The van der Waals surface area contributed by atoms with Crippen molar-refractivity contribution in [2.45, 2.75) is 45.6 Å². The first-order chi connectivity index (χ1) is 14.5. The number of amides is 1. The zero-order valence-electron chi connectivity index (χ0n) is 18.3. The van der Waals surface area contributed by atoms with Crippen LogP contribution in [0.4, 0.5) is 0 Å². The van der Waals surface area contributed by atoms with Crippen LogP contribution in [-0.4, -0.2) is 52.6 Å². The van der Waals surface area contributed by atoms with Crippen LogP contribution in [0.5, 0.6) is 5.75 Å².